The molecule has 3 rings (SSSR count). The molecular formula is C61H98N12O15. The van der Waals surface area contributed by atoms with Crippen LogP contribution in [0.5, 0.6) is 0 Å². The maximum absolute atomic E-state index is 14.5. The van der Waals surface area contributed by atoms with Crippen LogP contribution in [0.1, 0.15) is 139 Å². The number of amides is 8. The molecule has 1 fully saturated rings. The first-order valence-electron chi connectivity index (χ1n) is 30.8. The van der Waals surface area contributed by atoms with Crippen molar-refractivity contribution < 1.29 is 72.5 Å². The number of benzene rings is 1. The van der Waals surface area contributed by atoms with E-state index in [9.17, 15) is 67.7 Å². The number of cyclic esters (lactones) is 1. The zero-order chi connectivity index (χ0) is 66.1. The predicted octanol–water partition coefficient (Wildman–Crippen LogP) is -0.987. The van der Waals surface area contributed by atoms with Crippen LogP contribution in [0.3, 0.4) is 0 Å². The molecule has 88 heavy (non-hydrogen) atoms. The molecule has 2 heterocycles. The van der Waals surface area contributed by atoms with Crippen LogP contribution in [0.4, 0.5) is 0 Å². The van der Waals surface area contributed by atoms with E-state index in [1.165, 1.54) is 13.8 Å². The minimum atomic E-state index is -1.72. The van der Waals surface area contributed by atoms with Crippen molar-refractivity contribution >= 4 is 76.5 Å². The summed E-state index contributed by atoms with van der Waals surface area (Å²) in [5.41, 5.74) is 12.2. The summed E-state index contributed by atoms with van der Waals surface area (Å²) in [6.45, 7) is 15.0. The number of nitrogens with one attached hydrogen (secondary N) is 9. The molecule has 8 amide bonds. The fraction of sp³-hybridized carbons (Fsp3) is 0.689. The highest BCUT2D eigenvalue weighted by molar-refractivity contribution is 5.99. The number of nitrogens with zero attached hydrogens (tertiary/aromatic N) is 1. The minimum Gasteiger partial charge on any atom is -0.458 e. The van der Waals surface area contributed by atoms with Crippen LogP contribution in [0.15, 0.2) is 35.3 Å². The number of hydrogen-bond donors (Lipinski definition) is 13. The number of guanidine groups is 1. The predicted molar refractivity (Wildman–Crippen MR) is 326 cm³/mol. The molecule has 17 atom stereocenters. The van der Waals surface area contributed by atoms with Gasteiger partial charge < -0.3 is 74.3 Å². The van der Waals surface area contributed by atoms with Crippen LogP contribution in [-0.4, -0.2) is 174 Å². The molecule has 1 aromatic carbocycles. The van der Waals surface area contributed by atoms with Crippen LogP contribution in [0.25, 0.3) is 0 Å². The summed E-state index contributed by atoms with van der Waals surface area (Å²) in [6, 6.07) is -1.21. The van der Waals surface area contributed by atoms with Gasteiger partial charge in [-0.3, -0.25) is 57.7 Å². The molecular weight excluding hydrogens is 1140 g/mol. The Hall–Kier alpha value is -7.39. The lowest BCUT2D eigenvalue weighted by Crippen LogP contribution is -2.59. The van der Waals surface area contributed by atoms with Crippen molar-refractivity contribution in [3.8, 4) is 0 Å². The molecule has 0 spiro atoms. The number of aliphatic hydroxyl groups is 2. The number of ether oxygens (including phenoxy) is 1. The lowest BCUT2D eigenvalue weighted by molar-refractivity contribution is -0.157. The van der Waals surface area contributed by atoms with Crippen LogP contribution in [0, 0.1) is 41.4 Å². The lowest BCUT2D eigenvalue weighted by Gasteiger charge is -2.30. The number of primary amides is 1. The Bertz CT molecular complexity index is 2610. The minimum absolute atomic E-state index is 0.00141. The van der Waals surface area contributed by atoms with Crippen molar-refractivity contribution in [2.45, 2.75) is 200 Å². The average Bonchev–Trinajstić information content (AvgIpc) is 3.57. The van der Waals surface area contributed by atoms with Crippen LogP contribution < -0.4 is 59.3 Å². The number of esters is 1. The van der Waals surface area contributed by atoms with Crippen molar-refractivity contribution in [2.24, 2.45) is 57.9 Å². The Morgan fingerprint density at radius 3 is 1.75 bits per heavy atom. The molecule has 492 valence electrons. The Morgan fingerprint density at radius 1 is 0.670 bits per heavy atom. The highest BCUT2D eigenvalue weighted by Gasteiger charge is 2.42. The number of ketones is 3. The Labute approximate surface area is 516 Å². The number of carbonyl (C=O) groups is 12. The van der Waals surface area contributed by atoms with Gasteiger partial charge in [0.25, 0.3) is 0 Å². The van der Waals surface area contributed by atoms with E-state index in [0.717, 1.165) is 5.56 Å². The highest BCUT2D eigenvalue weighted by atomic mass is 16.5. The molecule has 27 nitrogen and oxygen atoms in total. The van der Waals surface area contributed by atoms with Gasteiger partial charge in [-0.1, -0.05) is 111 Å². The molecule has 1 aromatic rings. The third kappa shape index (κ3) is 22.6. The summed E-state index contributed by atoms with van der Waals surface area (Å²) in [7, 11) is 1.62. The number of aliphatic hydroxyl groups excluding tert-OH is 2. The van der Waals surface area contributed by atoms with Crippen LogP contribution in [-0.2, 0) is 68.7 Å². The fourth-order valence-corrected chi connectivity index (χ4v) is 10.3. The lowest BCUT2D eigenvalue weighted by atomic mass is 9.83. The average molecular weight is 1240 g/mol. The van der Waals surface area contributed by atoms with E-state index in [4.69, 9.17) is 16.2 Å². The zero-order valence-electron chi connectivity index (χ0n) is 52.9. The number of rotatable bonds is 35. The van der Waals surface area contributed by atoms with Gasteiger partial charge in [-0.05, 0) is 69.4 Å². The van der Waals surface area contributed by atoms with Crippen molar-refractivity contribution in [1.82, 2.24) is 47.9 Å². The molecule has 0 radical (unpaired) electrons. The van der Waals surface area contributed by atoms with Gasteiger partial charge in [-0.2, -0.15) is 0 Å². The SMILES string of the molecule is CCC(C)C(CC(=O)C(CCC(N)=O)NC(=O)C(CO)CC(=O)C(NC(=O)C(Cc1ccccc1)NC)C(C)CC)C(=O)NC(C(=O)CC(CO)C(=O)NC1C(=O)NC(C)C(=O)NC(CC2CN=C(N)N2)C(=O)NC(C(C)CC)C(=O)OC1C)C(C)CC. The smallest absolute Gasteiger partial charge is 0.329 e. The number of aliphatic imine (C=N–C) groups is 1. The number of likely N-dealkylation sites (N-methyl/N-ethyl adjacent to an activating group) is 1. The number of Topliss-reactive ketones (excluding diaryl/α,β-unsaturated/α-hetero) is 3. The first-order valence-corrected chi connectivity index (χ1v) is 30.8. The van der Waals surface area contributed by atoms with E-state index >= 15 is 0 Å². The first-order chi connectivity index (χ1) is 41.6. The fourth-order valence-electron chi connectivity index (χ4n) is 10.3. The molecule has 0 bridgehead atoms. The van der Waals surface area contributed by atoms with E-state index in [0.29, 0.717) is 32.1 Å². The van der Waals surface area contributed by atoms with Crippen molar-refractivity contribution in [1.29, 1.82) is 0 Å². The summed E-state index contributed by atoms with van der Waals surface area (Å²) in [5, 5.41) is 45.5. The van der Waals surface area contributed by atoms with Crippen molar-refractivity contribution in [3.05, 3.63) is 35.9 Å². The summed E-state index contributed by atoms with van der Waals surface area (Å²) in [5.74, 6) is -15.3. The summed E-state index contributed by atoms with van der Waals surface area (Å²) in [6.07, 6.45) is -2.03. The first kappa shape index (κ1) is 74.9. The topological polar surface area (TPSA) is 427 Å². The normalized spacial score (nSPS) is 22.9. The van der Waals surface area contributed by atoms with Crippen LogP contribution in [0.2, 0.25) is 0 Å². The van der Waals surface area contributed by atoms with Crippen LogP contribution >= 0.6 is 0 Å². The van der Waals surface area contributed by atoms with Gasteiger partial charge in [0.1, 0.15) is 30.3 Å². The van der Waals surface area contributed by atoms with Crippen molar-refractivity contribution in [3.63, 3.8) is 0 Å². The van der Waals surface area contributed by atoms with Gasteiger partial charge in [0.15, 0.2) is 23.3 Å². The van der Waals surface area contributed by atoms with Gasteiger partial charge in [0, 0.05) is 31.6 Å². The second-order valence-corrected chi connectivity index (χ2v) is 23.7. The quantitative estimate of drug-likeness (QED) is 0.0363. The largest absolute Gasteiger partial charge is 0.458 e. The maximum atomic E-state index is 14.5. The number of nitrogens with two attached hydrogens (primary N) is 2. The summed E-state index contributed by atoms with van der Waals surface area (Å²) >= 11 is 0. The third-order valence-electron chi connectivity index (χ3n) is 17.1. The number of carbonyl (C=O) groups excluding carboxylic acids is 12. The Balaban J connectivity index is 1.85. The molecule has 2 aliphatic rings. The summed E-state index contributed by atoms with van der Waals surface area (Å²) < 4.78 is 5.76. The molecule has 27 heteroatoms. The Kier molecular flexibility index (Phi) is 31.3. The van der Waals surface area contributed by atoms with Gasteiger partial charge in [-0.15, -0.1) is 0 Å². The number of hydrogen-bond acceptors (Lipinski definition) is 19. The monoisotopic (exact) mass is 1240 g/mol. The van der Waals surface area contributed by atoms with E-state index in [1.54, 1.807) is 55.5 Å². The summed E-state index contributed by atoms with van der Waals surface area (Å²) in [4.78, 5) is 171. The highest BCUT2D eigenvalue weighted by Crippen LogP contribution is 2.25. The molecule has 0 aliphatic carbocycles. The van der Waals surface area contributed by atoms with Gasteiger partial charge >= 0.3 is 5.97 Å². The van der Waals surface area contributed by atoms with Gasteiger partial charge in [0.05, 0.1) is 61.8 Å². The van der Waals surface area contributed by atoms with E-state index in [1.807, 2.05) is 37.3 Å². The van der Waals surface area contributed by atoms with E-state index < -0.39 is 199 Å². The zero-order valence-corrected chi connectivity index (χ0v) is 52.9. The molecule has 1 saturated heterocycles. The molecule has 0 saturated carbocycles. The second kappa shape index (κ2) is 36.8. The Morgan fingerprint density at radius 2 is 1.24 bits per heavy atom. The second-order valence-electron chi connectivity index (χ2n) is 23.7. The molecule has 15 N–H and O–H groups in total. The van der Waals surface area contributed by atoms with Crippen molar-refractivity contribution in [2.75, 3.05) is 26.8 Å². The maximum Gasteiger partial charge on any atom is 0.329 e. The molecule has 2 aliphatic heterocycles. The van der Waals surface area contributed by atoms with E-state index in [2.05, 4.69) is 52.8 Å². The van der Waals surface area contributed by atoms with Gasteiger partial charge in [-0.25, -0.2) is 4.79 Å². The van der Waals surface area contributed by atoms with Gasteiger partial charge in [0.2, 0.25) is 47.3 Å². The molecule has 0 aromatic heterocycles. The third-order valence-corrected chi connectivity index (χ3v) is 17.1. The standard InChI is InChI=1S/C61H98N12O15/c1-12-31(5)41(27-45(76)42(21-22-48(62)79)68-54(81)38(29-74)24-47(78)50(33(7)14-3)71-57(84)43(64-11)23-37-19-17-16-18-20-37)56(83)70-49(32(6)13-2)46(77)25-39(30-75)55(82)73-52-36(10)88-60(87)51(34(8)15-4)72-58(85)44(26-40-28-65-61(63)67-40)69-53(80)35(9)66-59(52)86/h16-20,31-36,38-44,49-52,64,74-75H,12-15,21-30H2,1-11H3,(H2,62,79)(H,66,86)(H,68,81)(H,69,80)(H,70,83)(H,71,84)(H,72,85)(H,73,82)(H3,63,65,67). The molecule has 17 unspecified atom stereocenters. The van der Waals surface area contributed by atoms with E-state index in [-0.39, 0.29) is 37.7 Å².